The number of carbonyl (C=O) groups excluding carboxylic acids is 1. The fourth-order valence-electron chi connectivity index (χ4n) is 2.24. The van der Waals surface area contributed by atoms with E-state index in [2.05, 4.69) is 34.2 Å². The lowest BCUT2D eigenvalue weighted by Gasteiger charge is -2.26. The quantitative estimate of drug-likeness (QED) is 0.805. The number of carbonyl (C=O) groups is 1. The average molecular weight is 381 g/mol. The van der Waals surface area contributed by atoms with E-state index in [9.17, 15) is 4.79 Å². The van der Waals surface area contributed by atoms with Crippen molar-refractivity contribution in [3.8, 4) is 0 Å². The maximum atomic E-state index is 12.0. The molecule has 0 unspecified atom stereocenters. The van der Waals surface area contributed by atoms with Gasteiger partial charge >= 0.3 is 0 Å². The van der Waals surface area contributed by atoms with Crippen LogP contribution in [0.1, 0.15) is 36.0 Å². The third-order valence-corrected chi connectivity index (χ3v) is 6.56. The Kier molecular flexibility index (Phi) is 4.77. The highest BCUT2D eigenvalue weighted by molar-refractivity contribution is 14.1. The number of nitrogens with one attached hydrogen (secondary N) is 1. The van der Waals surface area contributed by atoms with Crippen molar-refractivity contribution < 1.29 is 4.79 Å². The molecule has 1 heterocycles. The van der Waals surface area contributed by atoms with Gasteiger partial charge in [-0.1, -0.05) is 12.8 Å². The van der Waals surface area contributed by atoms with Gasteiger partial charge in [-0.3, -0.25) is 4.79 Å². The molecule has 1 fully saturated rings. The van der Waals surface area contributed by atoms with E-state index in [1.807, 2.05) is 23.2 Å². The summed E-state index contributed by atoms with van der Waals surface area (Å²) < 4.78 is 1.45. The van der Waals surface area contributed by atoms with Gasteiger partial charge in [-0.25, -0.2) is 0 Å². The molecule has 0 bridgehead atoms. The van der Waals surface area contributed by atoms with Crippen molar-refractivity contribution >= 4 is 51.6 Å². The van der Waals surface area contributed by atoms with E-state index < -0.39 is 0 Å². The molecule has 2 nitrogen and oxygen atoms in total. The Morgan fingerprint density at radius 1 is 1.59 bits per heavy atom. The van der Waals surface area contributed by atoms with Gasteiger partial charge in [0.25, 0.3) is 5.91 Å². The number of amides is 1. The van der Waals surface area contributed by atoms with Gasteiger partial charge < -0.3 is 5.32 Å². The van der Waals surface area contributed by atoms with Crippen molar-refractivity contribution in [3.63, 3.8) is 0 Å². The highest BCUT2D eigenvalue weighted by Crippen LogP contribution is 2.39. The minimum atomic E-state index is 0.0736. The van der Waals surface area contributed by atoms with Gasteiger partial charge in [0, 0.05) is 16.7 Å². The van der Waals surface area contributed by atoms with Crippen LogP contribution in [0.2, 0.25) is 0 Å². The summed E-state index contributed by atoms with van der Waals surface area (Å²) in [7, 11) is 0. The molecule has 2 rings (SSSR count). The predicted molar refractivity (Wildman–Crippen MR) is 84.1 cm³/mol. The van der Waals surface area contributed by atoms with Crippen LogP contribution >= 0.6 is 45.7 Å². The van der Waals surface area contributed by atoms with Gasteiger partial charge in [0.2, 0.25) is 0 Å². The van der Waals surface area contributed by atoms with Crippen LogP contribution in [-0.2, 0) is 0 Å². The Morgan fingerprint density at radius 3 is 2.82 bits per heavy atom. The van der Waals surface area contributed by atoms with Gasteiger partial charge in [-0.15, -0.1) is 11.3 Å². The van der Waals surface area contributed by atoms with Crippen LogP contribution in [0.3, 0.4) is 0 Å². The molecule has 1 aromatic rings. The van der Waals surface area contributed by atoms with Gasteiger partial charge in [0.1, 0.15) is 0 Å². The molecule has 0 aromatic carbocycles. The molecule has 1 N–H and O–H groups in total. The molecule has 17 heavy (non-hydrogen) atoms. The van der Waals surface area contributed by atoms with E-state index in [0.717, 1.165) is 15.0 Å². The summed E-state index contributed by atoms with van der Waals surface area (Å²) in [6.45, 7) is 0.805. The molecule has 0 atom stereocenters. The summed E-state index contributed by atoms with van der Waals surface area (Å²) in [5, 5.41) is 5.02. The topological polar surface area (TPSA) is 29.1 Å². The maximum Gasteiger partial charge on any atom is 0.252 e. The van der Waals surface area contributed by atoms with Crippen molar-refractivity contribution in [1.82, 2.24) is 5.32 Å². The van der Waals surface area contributed by atoms with Gasteiger partial charge in [0.05, 0.1) is 8.45 Å². The van der Waals surface area contributed by atoms with E-state index in [1.165, 1.54) is 25.7 Å². The summed E-state index contributed by atoms with van der Waals surface area (Å²) in [5.41, 5.74) is 0.800. The molecule has 1 saturated carbocycles. The van der Waals surface area contributed by atoms with Crippen LogP contribution in [0.5, 0.6) is 0 Å². The third-order valence-electron chi connectivity index (χ3n) is 3.35. The van der Waals surface area contributed by atoms with Crippen molar-refractivity contribution in [3.05, 3.63) is 19.9 Å². The number of hydrogen-bond donors (Lipinski definition) is 1. The first-order valence-corrected chi connectivity index (χ1v) is 8.91. The first kappa shape index (κ1) is 13.7. The molecule has 0 spiro atoms. The molecule has 5 heteroatoms. The summed E-state index contributed by atoms with van der Waals surface area (Å²) >= 11 is 5.77. The summed E-state index contributed by atoms with van der Waals surface area (Å²) in [6.07, 6.45) is 7.22. The fourth-order valence-corrected chi connectivity index (χ4v) is 4.48. The SMILES string of the molecule is CSC1(CNC(=O)c2csc(I)c2)CCCC1. The van der Waals surface area contributed by atoms with Crippen LogP contribution in [0, 0.1) is 2.88 Å². The Bertz CT molecular complexity index is 399. The molecule has 0 saturated heterocycles. The van der Waals surface area contributed by atoms with Crippen molar-refractivity contribution in [2.45, 2.75) is 30.4 Å². The number of thiophene rings is 1. The Hall–Kier alpha value is 0.250. The highest BCUT2D eigenvalue weighted by atomic mass is 127. The van der Waals surface area contributed by atoms with Crippen LogP contribution in [-0.4, -0.2) is 23.5 Å². The second kappa shape index (κ2) is 5.93. The smallest absolute Gasteiger partial charge is 0.252 e. The molecular formula is C12H16INOS2. The molecule has 1 aliphatic carbocycles. The summed E-state index contributed by atoms with van der Waals surface area (Å²) in [6, 6.07) is 1.95. The van der Waals surface area contributed by atoms with Crippen LogP contribution in [0.15, 0.2) is 11.4 Å². The lowest BCUT2D eigenvalue weighted by atomic mass is 10.1. The zero-order valence-corrected chi connectivity index (χ0v) is 13.6. The third kappa shape index (κ3) is 3.38. The molecule has 0 radical (unpaired) electrons. The van der Waals surface area contributed by atoms with Crippen LogP contribution in [0.25, 0.3) is 0 Å². The second-order valence-electron chi connectivity index (χ2n) is 4.42. The first-order chi connectivity index (χ1) is 8.15. The molecule has 1 aromatic heterocycles. The van der Waals surface area contributed by atoms with Crippen molar-refractivity contribution in [1.29, 1.82) is 0 Å². The van der Waals surface area contributed by atoms with Gasteiger partial charge in [-0.05, 0) is 47.8 Å². The normalized spacial score (nSPS) is 18.2. The minimum absolute atomic E-state index is 0.0736. The Balaban J connectivity index is 1.91. The average Bonchev–Trinajstić information content (AvgIpc) is 2.95. The fraction of sp³-hybridized carbons (Fsp3) is 0.583. The van der Waals surface area contributed by atoms with E-state index in [1.54, 1.807) is 11.3 Å². The zero-order valence-electron chi connectivity index (χ0n) is 9.79. The molecule has 1 aliphatic rings. The largest absolute Gasteiger partial charge is 0.351 e. The maximum absolute atomic E-state index is 12.0. The number of halogens is 1. The zero-order chi connectivity index (χ0) is 12.3. The first-order valence-electron chi connectivity index (χ1n) is 5.73. The lowest BCUT2D eigenvalue weighted by Crippen LogP contribution is -2.38. The van der Waals surface area contributed by atoms with Crippen molar-refractivity contribution in [2.24, 2.45) is 0 Å². The van der Waals surface area contributed by atoms with Crippen molar-refractivity contribution in [2.75, 3.05) is 12.8 Å². The standard InChI is InChI=1S/C12H16INOS2/c1-16-12(4-2-3-5-12)8-14-11(15)9-6-10(13)17-7-9/h6-7H,2-5,8H2,1H3,(H,14,15). The number of rotatable bonds is 4. The van der Waals surface area contributed by atoms with Crippen LogP contribution in [0.4, 0.5) is 0 Å². The number of thioether (sulfide) groups is 1. The summed E-state index contributed by atoms with van der Waals surface area (Å²) in [5.74, 6) is 0.0736. The Labute approximate surface area is 124 Å². The molecule has 0 aliphatic heterocycles. The van der Waals surface area contributed by atoms with E-state index in [4.69, 9.17) is 0 Å². The van der Waals surface area contributed by atoms with Gasteiger partial charge in [-0.2, -0.15) is 11.8 Å². The lowest BCUT2D eigenvalue weighted by molar-refractivity contribution is 0.0950. The van der Waals surface area contributed by atoms with E-state index >= 15 is 0 Å². The van der Waals surface area contributed by atoms with Gasteiger partial charge in [0.15, 0.2) is 0 Å². The molecular weight excluding hydrogens is 365 g/mol. The number of hydrogen-bond acceptors (Lipinski definition) is 3. The summed E-state index contributed by atoms with van der Waals surface area (Å²) in [4.78, 5) is 12.0. The molecule has 94 valence electrons. The van der Waals surface area contributed by atoms with Crippen LogP contribution < -0.4 is 5.32 Å². The Morgan fingerprint density at radius 2 is 2.29 bits per heavy atom. The van der Waals surface area contributed by atoms with E-state index in [-0.39, 0.29) is 5.91 Å². The highest BCUT2D eigenvalue weighted by Gasteiger charge is 2.33. The monoisotopic (exact) mass is 381 g/mol. The molecule has 1 amide bonds. The predicted octanol–water partition coefficient (Wildman–Crippen LogP) is 3.76. The minimum Gasteiger partial charge on any atom is -0.351 e. The van der Waals surface area contributed by atoms with E-state index in [0.29, 0.717) is 4.75 Å². The second-order valence-corrected chi connectivity index (χ2v) is 8.50.